The predicted octanol–water partition coefficient (Wildman–Crippen LogP) is 2.67. The smallest absolute Gasteiger partial charge is 0.253 e. The van der Waals surface area contributed by atoms with Crippen molar-refractivity contribution in [3.05, 3.63) is 52.5 Å². The van der Waals surface area contributed by atoms with Crippen molar-refractivity contribution < 1.29 is 9.53 Å². The first-order valence-corrected chi connectivity index (χ1v) is 10.7. The van der Waals surface area contributed by atoms with Gasteiger partial charge in [-0.3, -0.25) is 4.79 Å². The Morgan fingerprint density at radius 1 is 1.23 bits per heavy atom. The first-order valence-electron chi connectivity index (χ1n) is 10.7. The molecule has 0 spiro atoms. The van der Waals surface area contributed by atoms with Crippen molar-refractivity contribution in [2.45, 2.75) is 38.3 Å². The second-order valence-electron chi connectivity index (χ2n) is 8.31. The highest BCUT2D eigenvalue weighted by molar-refractivity contribution is 5.94. The third-order valence-electron chi connectivity index (χ3n) is 6.09. The maximum Gasteiger partial charge on any atom is 0.253 e. The van der Waals surface area contributed by atoms with Crippen molar-refractivity contribution in [2.75, 3.05) is 46.2 Å². The number of nitrogens with one attached hydrogen (secondary N) is 1. The molecule has 7 heteroatoms. The van der Waals surface area contributed by atoms with Crippen LogP contribution in [0.2, 0.25) is 0 Å². The van der Waals surface area contributed by atoms with Gasteiger partial charge in [-0.05, 0) is 37.6 Å². The highest BCUT2D eigenvalue weighted by Gasteiger charge is 2.29. The van der Waals surface area contributed by atoms with Crippen molar-refractivity contribution in [3.8, 4) is 0 Å². The number of fused-ring (bicyclic) bond motifs is 1. The molecule has 0 saturated carbocycles. The molecule has 0 aliphatic carbocycles. The fourth-order valence-electron chi connectivity index (χ4n) is 4.42. The molecule has 4 rings (SSSR count). The van der Waals surface area contributed by atoms with Crippen LogP contribution in [0.25, 0.3) is 0 Å². The van der Waals surface area contributed by atoms with Crippen LogP contribution in [0.15, 0.2) is 24.3 Å². The monoisotopic (exact) mass is 409 g/mol. The van der Waals surface area contributed by atoms with Gasteiger partial charge in [-0.2, -0.15) is 0 Å². The molecule has 160 valence electrons. The molecule has 3 heterocycles. The molecule has 0 radical (unpaired) electrons. The Hall–Kier alpha value is -2.51. The van der Waals surface area contributed by atoms with Crippen molar-refractivity contribution >= 4 is 11.7 Å². The van der Waals surface area contributed by atoms with Crippen LogP contribution in [0, 0.1) is 0 Å². The maximum atomic E-state index is 13.1. The summed E-state index contributed by atoms with van der Waals surface area (Å²) < 4.78 is 5.15. The summed E-state index contributed by atoms with van der Waals surface area (Å²) in [4.78, 5) is 27.1. The molecule has 2 aliphatic rings. The zero-order valence-electron chi connectivity index (χ0n) is 18.1. The number of likely N-dealkylation sites (tertiary alicyclic amines) is 1. The Bertz CT molecular complexity index is 882. The molecule has 1 atom stereocenters. The van der Waals surface area contributed by atoms with Crippen LogP contribution in [0.1, 0.15) is 51.8 Å². The molecule has 1 N–H and O–H groups in total. The van der Waals surface area contributed by atoms with Gasteiger partial charge in [0.15, 0.2) is 0 Å². The van der Waals surface area contributed by atoms with Gasteiger partial charge in [0.05, 0.1) is 12.3 Å². The number of hydrogen-bond donors (Lipinski definition) is 1. The summed E-state index contributed by atoms with van der Waals surface area (Å²) in [5.41, 5.74) is 4.15. The molecule has 1 unspecified atom stereocenters. The van der Waals surface area contributed by atoms with E-state index in [9.17, 15) is 4.79 Å². The SMILES string of the molecule is CNc1nc(C2CCCN(C(=O)c3ccc(COC)cc3)C2)nc2c1CN(C)CC2. The van der Waals surface area contributed by atoms with E-state index in [-0.39, 0.29) is 11.8 Å². The summed E-state index contributed by atoms with van der Waals surface area (Å²) in [5, 5.41) is 3.26. The van der Waals surface area contributed by atoms with E-state index in [1.807, 2.05) is 36.2 Å². The Morgan fingerprint density at radius 2 is 2.03 bits per heavy atom. The average molecular weight is 410 g/mol. The molecule has 1 fully saturated rings. The van der Waals surface area contributed by atoms with Gasteiger partial charge in [-0.1, -0.05) is 12.1 Å². The molecule has 2 aliphatic heterocycles. The summed E-state index contributed by atoms with van der Waals surface area (Å²) in [5.74, 6) is 2.05. The minimum absolute atomic E-state index is 0.0806. The fourth-order valence-corrected chi connectivity index (χ4v) is 4.42. The average Bonchev–Trinajstić information content (AvgIpc) is 2.78. The number of piperidine rings is 1. The molecule has 2 aromatic rings. The van der Waals surface area contributed by atoms with E-state index < -0.39 is 0 Å². The van der Waals surface area contributed by atoms with Crippen LogP contribution in [0.5, 0.6) is 0 Å². The molecule has 1 aromatic carbocycles. The van der Waals surface area contributed by atoms with Crippen LogP contribution < -0.4 is 5.32 Å². The van der Waals surface area contributed by atoms with E-state index >= 15 is 0 Å². The highest BCUT2D eigenvalue weighted by atomic mass is 16.5. The van der Waals surface area contributed by atoms with Crippen LogP contribution in [0.3, 0.4) is 0 Å². The summed E-state index contributed by atoms with van der Waals surface area (Å²) in [6, 6.07) is 7.71. The number of carbonyl (C=O) groups excluding carboxylic acids is 1. The third-order valence-corrected chi connectivity index (χ3v) is 6.09. The first-order chi connectivity index (χ1) is 14.6. The van der Waals surface area contributed by atoms with E-state index in [1.165, 1.54) is 5.56 Å². The van der Waals surface area contributed by atoms with Crippen molar-refractivity contribution in [1.82, 2.24) is 19.8 Å². The Balaban J connectivity index is 1.52. The standard InChI is InChI=1S/C23H31N5O2/c1-24-22-19-14-27(2)12-10-20(19)25-21(26-22)18-5-4-11-28(13-18)23(29)17-8-6-16(7-9-17)15-30-3/h6-9,18H,4-5,10-15H2,1-3H3,(H,24,25,26). The van der Waals surface area contributed by atoms with E-state index in [0.717, 1.165) is 67.4 Å². The van der Waals surface area contributed by atoms with Gasteiger partial charge in [0.1, 0.15) is 11.6 Å². The lowest BCUT2D eigenvalue weighted by molar-refractivity contribution is 0.0704. The Morgan fingerprint density at radius 3 is 2.77 bits per heavy atom. The number of amides is 1. The van der Waals surface area contributed by atoms with Crippen molar-refractivity contribution in [3.63, 3.8) is 0 Å². The number of likely N-dealkylation sites (N-methyl/N-ethyl adjacent to an activating group) is 1. The van der Waals surface area contributed by atoms with Crippen LogP contribution in [0.4, 0.5) is 5.82 Å². The fraction of sp³-hybridized carbons (Fsp3) is 0.522. The predicted molar refractivity (Wildman–Crippen MR) is 117 cm³/mol. The van der Waals surface area contributed by atoms with Gasteiger partial charge in [0.2, 0.25) is 0 Å². The highest BCUT2D eigenvalue weighted by Crippen LogP contribution is 2.30. The number of methoxy groups -OCH3 is 1. The number of anilines is 1. The van der Waals surface area contributed by atoms with E-state index in [0.29, 0.717) is 13.2 Å². The van der Waals surface area contributed by atoms with Crippen molar-refractivity contribution in [1.29, 1.82) is 0 Å². The van der Waals surface area contributed by atoms with Crippen LogP contribution in [-0.2, 0) is 24.3 Å². The van der Waals surface area contributed by atoms with Gasteiger partial charge in [-0.25, -0.2) is 9.97 Å². The van der Waals surface area contributed by atoms with Gasteiger partial charge in [0, 0.05) is 63.8 Å². The number of nitrogens with zero attached hydrogens (tertiary/aromatic N) is 4. The lowest BCUT2D eigenvalue weighted by atomic mass is 9.95. The lowest BCUT2D eigenvalue weighted by Crippen LogP contribution is -2.40. The summed E-state index contributed by atoms with van der Waals surface area (Å²) >= 11 is 0. The second kappa shape index (κ2) is 9.10. The van der Waals surface area contributed by atoms with Gasteiger partial charge < -0.3 is 19.9 Å². The molecule has 1 amide bonds. The lowest BCUT2D eigenvalue weighted by Gasteiger charge is -2.33. The van der Waals surface area contributed by atoms with Crippen LogP contribution >= 0.6 is 0 Å². The number of benzene rings is 1. The third kappa shape index (κ3) is 4.32. The largest absolute Gasteiger partial charge is 0.380 e. The van der Waals surface area contributed by atoms with Crippen molar-refractivity contribution in [2.24, 2.45) is 0 Å². The van der Waals surface area contributed by atoms with E-state index in [2.05, 4.69) is 17.3 Å². The summed E-state index contributed by atoms with van der Waals surface area (Å²) in [6.45, 7) is 3.89. The van der Waals surface area contributed by atoms with Gasteiger partial charge >= 0.3 is 0 Å². The van der Waals surface area contributed by atoms with Gasteiger partial charge in [-0.15, -0.1) is 0 Å². The maximum absolute atomic E-state index is 13.1. The number of aromatic nitrogens is 2. The zero-order valence-corrected chi connectivity index (χ0v) is 18.1. The summed E-state index contributed by atoms with van der Waals surface area (Å²) in [7, 11) is 5.72. The van der Waals surface area contributed by atoms with Gasteiger partial charge in [0.25, 0.3) is 5.91 Å². The minimum Gasteiger partial charge on any atom is -0.380 e. The first kappa shape index (κ1) is 20.8. The Labute approximate surface area is 178 Å². The van der Waals surface area contributed by atoms with E-state index in [1.54, 1.807) is 7.11 Å². The Kier molecular flexibility index (Phi) is 6.29. The number of rotatable bonds is 5. The number of carbonyl (C=O) groups is 1. The quantitative estimate of drug-likeness (QED) is 0.819. The van der Waals surface area contributed by atoms with E-state index in [4.69, 9.17) is 14.7 Å². The zero-order chi connectivity index (χ0) is 21.1. The van der Waals surface area contributed by atoms with Crippen LogP contribution in [-0.4, -0.2) is 66.5 Å². The molecular formula is C23H31N5O2. The molecular weight excluding hydrogens is 378 g/mol. The molecule has 1 aromatic heterocycles. The minimum atomic E-state index is 0.0806. The molecule has 0 bridgehead atoms. The normalized spacial score (nSPS) is 19.4. The second-order valence-corrected chi connectivity index (χ2v) is 8.31. The topological polar surface area (TPSA) is 70.6 Å². The number of hydrogen-bond acceptors (Lipinski definition) is 6. The molecule has 1 saturated heterocycles. The molecule has 30 heavy (non-hydrogen) atoms. The molecule has 7 nitrogen and oxygen atoms in total. The number of ether oxygens (including phenoxy) is 1. The summed E-state index contributed by atoms with van der Waals surface area (Å²) in [6.07, 6.45) is 2.92.